The average Bonchev–Trinajstić information content (AvgIpc) is 3.10. The molecule has 0 unspecified atom stereocenters. The number of phenols is 1. The van der Waals surface area contributed by atoms with Crippen LogP contribution in [0.3, 0.4) is 0 Å². The first-order valence-corrected chi connectivity index (χ1v) is 7.56. The summed E-state index contributed by atoms with van der Waals surface area (Å²) in [5.74, 6) is -2.92. The van der Waals surface area contributed by atoms with E-state index in [4.69, 9.17) is 9.63 Å². The summed E-state index contributed by atoms with van der Waals surface area (Å²) in [6, 6.07) is 3.81. The van der Waals surface area contributed by atoms with E-state index in [1.54, 1.807) is 0 Å². The van der Waals surface area contributed by atoms with Gasteiger partial charge in [-0.3, -0.25) is 0 Å². The van der Waals surface area contributed by atoms with Crippen LogP contribution in [0.2, 0.25) is 0 Å². The van der Waals surface area contributed by atoms with Crippen molar-refractivity contribution in [2.24, 2.45) is 0 Å². The lowest BCUT2D eigenvalue weighted by atomic mass is 10.0. The molecule has 0 aliphatic rings. The third kappa shape index (κ3) is 4.15. The molecule has 3 aromatic rings. The number of aromatic nitrogens is 2. The minimum absolute atomic E-state index is 0.0526. The van der Waals surface area contributed by atoms with Crippen LogP contribution in [-0.2, 0) is 12.4 Å². The lowest BCUT2D eigenvalue weighted by molar-refractivity contribution is -0.143. The van der Waals surface area contributed by atoms with Gasteiger partial charge >= 0.3 is 18.3 Å². The molecule has 6 nitrogen and oxygen atoms in total. The van der Waals surface area contributed by atoms with E-state index in [9.17, 15) is 36.2 Å². The maximum Gasteiger partial charge on any atom is 0.416 e. The van der Waals surface area contributed by atoms with Crippen LogP contribution in [0.5, 0.6) is 5.75 Å². The molecule has 0 radical (unpaired) electrons. The van der Waals surface area contributed by atoms with Crippen LogP contribution in [0.25, 0.3) is 22.8 Å². The van der Waals surface area contributed by atoms with Crippen molar-refractivity contribution in [3.05, 3.63) is 53.1 Å². The van der Waals surface area contributed by atoms with Gasteiger partial charge in [0.15, 0.2) is 0 Å². The molecule has 0 saturated heterocycles. The van der Waals surface area contributed by atoms with Crippen molar-refractivity contribution < 1.29 is 45.9 Å². The van der Waals surface area contributed by atoms with E-state index >= 15 is 0 Å². The van der Waals surface area contributed by atoms with Gasteiger partial charge in [0.1, 0.15) is 5.75 Å². The summed E-state index contributed by atoms with van der Waals surface area (Å²) >= 11 is 0. The van der Waals surface area contributed by atoms with Crippen LogP contribution in [0.4, 0.5) is 26.3 Å². The fourth-order valence-electron chi connectivity index (χ4n) is 2.38. The second-order valence-corrected chi connectivity index (χ2v) is 5.75. The number of carbonyl (C=O) groups is 1. The van der Waals surface area contributed by atoms with Crippen molar-refractivity contribution in [1.29, 1.82) is 0 Å². The lowest BCUT2D eigenvalue weighted by Gasteiger charge is -2.12. The van der Waals surface area contributed by atoms with Gasteiger partial charge < -0.3 is 14.7 Å². The first-order valence-electron chi connectivity index (χ1n) is 7.56. The van der Waals surface area contributed by atoms with Crippen molar-refractivity contribution in [3.63, 3.8) is 0 Å². The molecule has 1 aromatic heterocycles. The van der Waals surface area contributed by atoms with Crippen molar-refractivity contribution in [2.45, 2.75) is 12.4 Å². The first-order chi connectivity index (χ1) is 13.4. The Morgan fingerprint density at radius 3 is 2.03 bits per heavy atom. The Hall–Kier alpha value is -3.57. The first kappa shape index (κ1) is 20.2. The van der Waals surface area contributed by atoms with Crippen molar-refractivity contribution in [1.82, 2.24) is 10.1 Å². The minimum Gasteiger partial charge on any atom is -0.507 e. The van der Waals surface area contributed by atoms with Gasteiger partial charge in [-0.25, -0.2) is 4.79 Å². The second-order valence-electron chi connectivity index (χ2n) is 5.75. The highest BCUT2D eigenvalue weighted by molar-refractivity contribution is 5.90. The third-order valence-electron chi connectivity index (χ3n) is 3.75. The number of benzene rings is 2. The molecular formula is C17H8F6N2O4. The predicted molar refractivity (Wildman–Crippen MR) is 83.8 cm³/mol. The van der Waals surface area contributed by atoms with E-state index in [-0.39, 0.29) is 17.2 Å². The van der Waals surface area contributed by atoms with Crippen LogP contribution < -0.4 is 0 Å². The van der Waals surface area contributed by atoms with Gasteiger partial charge in [0.2, 0.25) is 5.82 Å². The topological polar surface area (TPSA) is 96.5 Å². The van der Waals surface area contributed by atoms with Gasteiger partial charge in [-0.05, 0) is 36.4 Å². The average molecular weight is 418 g/mol. The van der Waals surface area contributed by atoms with Crippen LogP contribution in [-0.4, -0.2) is 26.3 Å². The van der Waals surface area contributed by atoms with Gasteiger partial charge in [-0.2, -0.15) is 31.3 Å². The zero-order valence-corrected chi connectivity index (χ0v) is 13.8. The van der Waals surface area contributed by atoms with E-state index in [0.717, 1.165) is 18.2 Å². The number of nitrogens with zero attached hydrogens (tertiary/aromatic N) is 2. The number of hydrogen-bond donors (Lipinski definition) is 2. The summed E-state index contributed by atoms with van der Waals surface area (Å²) in [5.41, 5.74) is -4.29. The quantitative estimate of drug-likeness (QED) is 0.591. The number of alkyl halides is 6. The molecule has 0 saturated carbocycles. The molecule has 2 N–H and O–H groups in total. The zero-order chi connectivity index (χ0) is 21.6. The van der Waals surface area contributed by atoms with Gasteiger partial charge in [-0.1, -0.05) is 5.16 Å². The smallest absolute Gasteiger partial charge is 0.416 e. The summed E-state index contributed by atoms with van der Waals surface area (Å²) in [7, 11) is 0. The summed E-state index contributed by atoms with van der Waals surface area (Å²) < 4.78 is 82.6. The molecule has 3 rings (SSSR count). The molecule has 12 heteroatoms. The molecular weight excluding hydrogens is 410 g/mol. The molecule has 29 heavy (non-hydrogen) atoms. The molecule has 0 bridgehead atoms. The highest BCUT2D eigenvalue weighted by atomic mass is 19.4. The Morgan fingerprint density at radius 1 is 0.931 bits per heavy atom. The summed E-state index contributed by atoms with van der Waals surface area (Å²) in [5, 5.41) is 22.2. The Morgan fingerprint density at radius 2 is 1.52 bits per heavy atom. The van der Waals surface area contributed by atoms with E-state index < -0.39 is 52.5 Å². The monoisotopic (exact) mass is 418 g/mol. The lowest BCUT2D eigenvalue weighted by Crippen LogP contribution is -2.11. The maximum absolute atomic E-state index is 13.0. The Bertz CT molecular complexity index is 1060. The Balaban J connectivity index is 2.12. The van der Waals surface area contributed by atoms with Crippen molar-refractivity contribution >= 4 is 5.97 Å². The Kier molecular flexibility index (Phi) is 4.73. The van der Waals surface area contributed by atoms with E-state index in [1.165, 1.54) is 0 Å². The summed E-state index contributed by atoms with van der Waals surface area (Å²) in [4.78, 5) is 14.7. The number of aromatic hydroxyl groups is 1. The number of rotatable bonds is 3. The zero-order valence-electron chi connectivity index (χ0n) is 13.8. The Labute approximate surface area is 157 Å². The van der Waals surface area contributed by atoms with Gasteiger partial charge in [-0.15, -0.1) is 0 Å². The molecule has 0 amide bonds. The number of aromatic carboxylic acids is 1. The number of hydrogen-bond acceptors (Lipinski definition) is 5. The molecule has 0 spiro atoms. The highest BCUT2D eigenvalue weighted by Crippen LogP contribution is 2.39. The summed E-state index contributed by atoms with van der Waals surface area (Å²) in [6.45, 7) is 0. The number of phenolic OH excluding ortho intramolecular Hbond substituents is 1. The van der Waals surface area contributed by atoms with Crippen molar-refractivity contribution in [3.8, 4) is 28.6 Å². The third-order valence-corrected chi connectivity index (χ3v) is 3.75. The van der Waals surface area contributed by atoms with Crippen molar-refractivity contribution in [2.75, 3.05) is 0 Å². The molecule has 0 fully saturated rings. The fraction of sp³-hybridized carbons (Fsp3) is 0.118. The van der Waals surface area contributed by atoms with Crippen LogP contribution in [0.1, 0.15) is 21.5 Å². The van der Waals surface area contributed by atoms with Gasteiger partial charge in [0, 0.05) is 5.56 Å². The van der Waals surface area contributed by atoms with Crippen LogP contribution in [0.15, 0.2) is 40.9 Å². The minimum atomic E-state index is -5.06. The van der Waals surface area contributed by atoms with E-state index in [2.05, 4.69) is 10.1 Å². The standard InChI is InChI=1S/C17H8F6N2O4/c18-16(19,20)9-3-8(4-10(6-9)17(21,22)23)14-24-13(25-29-14)11-5-7(15(27)28)1-2-12(11)26/h1-6,26H,(H,27,28). The largest absolute Gasteiger partial charge is 0.507 e. The molecule has 1 heterocycles. The normalized spacial score (nSPS) is 12.2. The SMILES string of the molecule is O=C(O)c1ccc(O)c(-c2noc(-c3cc(C(F)(F)F)cc(C(F)(F)F)c3)n2)c1. The molecule has 0 aliphatic heterocycles. The molecule has 152 valence electrons. The van der Waals surface area contributed by atoms with E-state index in [1.807, 2.05) is 0 Å². The van der Waals surface area contributed by atoms with Crippen LogP contribution >= 0.6 is 0 Å². The molecule has 0 atom stereocenters. The summed E-state index contributed by atoms with van der Waals surface area (Å²) in [6.07, 6.45) is -10.1. The predicted octanol–water partition coefficient (Wildman–Crippen LogP) is 4.85. The number of carboxylic acids is 1. The maximum atomic E-state index is 13.0. The fourth-order valence-corrected chi connectivity index (χ4v) is 2.38. The number of halogens is 6. The highest BCUT2D eigenvalue weighted by Gasteiger charge is 2.37. The van der Waals surface area contributed by atoms with Gasteiger partial charge in [0.25, 0.3) is 5.89 Å². The van der Waals surface area contributed by atoms with Gasteiger partial charge in [0.05, 0.1) is 22.3 Å². The van der Waals surface area contributed by atoms with Crippen LogP contribution in [0, 0.1) is 0 Å². The molecule has 0 aliphatic carbocycles. The van der Waals surface area contributed by atoms with E-state index in [0.29, 0.717) is 12.1 Å². The second kappa shape index (κ2) is 6.79. The number of carboxylic acid groups (broad SMARTS) is 1. The molecule has 2 aromatic carbocycles.